The Balaban J connectivity index is 1.67. The Hall–Kier alpha value is -0.570. The standard InChI is InChI=1S/C14H26N2O/c1-12(16-9-5-6-10-16)11-15-14(17)13-7-3-2-4-8-13/h12-13H,2-11H2,1H3,(H,15,17). The van der Waals surface area contributed by atoms with Crippen molar-refractivity contribution in [3.63, 3.8) is 0 Å². The first kappa shape index (κ1) is 12.9. The molecule has 1 N–H and O–H groups in total. The summed E-state index contributed by atoms with van der Waals surface area (Å²) in [7, 11) is 0. The van der Waals surface area contributed by atoms with E-state index in [0.29, 0.717) is 17.9 Å². The van der Waals surface area contributed by atoms with E-state index >= 15 is 0 Å². The second-order valence-corrected chi connectivity index (χ2v) is 5.67. The van der Waals surface area contributed by atoms with Crippen molar-refractivity contribution >= 4 is 5.91 Å². The molecule has 1 amide bonds. The first-order valence-corrected chi connectivity index (χ1v) is 7.29. The number of hydrogen-bond acceptors (Lipinski definition) is 2. The lowest BCUT2D eigenvalue weighted by Gasteiger charge is -2.26. The average molecular weight is 238 g/mol. The van der Waals surface area contributed by atoms with E-state index in [2.05, 4.69) is 17.1 Å². The highest BCUT2D eigenvalue weighted by molar-refractivity contribution is 5.78. The molecule has 0 spiro atoms. The Bertz CT molecular complexity index is 243. The summed E-state index contributed by atoms with van der Waals surface area (Å²) in [5, 5.41) is 3.15. The van der Waals surface area contributed by atoms with Crippen LogP contribution in [0.2, 0.25) is 0 Å². The van der Waals surface area contributed by atoms with Gasteiger partial charge in [-0.15, -0.1) is 0 Å². The molecule has 0 radical (unpaired) electrons. The molecule has 1 heterocycles. The molecule has 2 aliphatic rings. The van der Waals surface area contributed by atoms with Gasteiger partial charge in [0.15, 0.2) is 0 Å². The van der Waals surface area contributed by atoms with Crippen LogP contribution in [0.1, 0.15) is 51.9 Å². The van der Waals surface area contributed by atoms with Gasteiger partial charge in [-0.1, -0.05) is 19.3 Å². The maximum Gasteiger partial charge on any atom is 0.223 e. The van der Waals surface area contributed by atoms with Crippen molar-refractivity contribution < 1.29 is 4.79 Å². The van der Waals surface area contributed by atoms with Crippen LogP contribution in [0.4, 0.5) is 0 Å². The van der Waals surface area contributed by atoms with Crippen molar-refractivity contribution in [3.05, 3.63) is 0 Å². The molecule has 0 aromatic heterocycles. The number of nitrogens with one attached hydrogen (secondary N) is 1. The van der Waals surface area contributed by atoms with Crippen molar-refractivity contribution in [3.8, 4) is 0 Å². The molecule has 17 heavy (non-hydrogen) atoms. The minimum absolute atomic E-state index is 0.300. The van der Waals surface area contributed by atoms with Gasteiger partial charge in [0.05, 0.1) is 0 Å². The zero-order chi connectivity index (χ0) is 12.1. The van der Waals surface area contributed by atoms with Gasteiger partial charge in [0.2, 0.25) is 5.91 Å². The number of rotatable bonds is 4. The number of likely N-dealkylation sites (tertiary alicyclic amines) is 1. The third kappa shape index (κ3) is 3.70. The Labute approximate surface area is 105 Å². The Morgan fingerprint density at radius 2 is 1.82 bits per heavy atom. The molecule has 3 nitrogen and oxygen atoms in total. The monoisotopic (exact) mass is 238 g/mol. The topological polar surface area (TPSA) is 32.3 Å². The van der Waals surface area contributed by atoms with Gasteiger partial charge in [-0.2, -0.15) is 0 Å². The number of hydrogen-bond donors (Lipinski definition) is 1. The minimum atomic E-state index is 0.300. The highest BCUT2D eigenvalue weighted by Gasteiger charge is 2.23. The van der Waals surface area contributed by atoms with E-state index in [-0.39, 0.29) is 0 Å². The highest BCUT2D eigenvalue weighted by atomic mass is 16.1. The summed E-state index contributed by atoms with van der Waals surface area (Å²) in [6.45, 7) is 5.47. The third-order valence-electron chi connectivity index (χ3n) is 4.31. The van der Waals surface area contributed by atoms with E-state index in [1.807, 2.05) is 0 Å². The molecule has 2 rings (SSSR count). The second-order valence-electron chi connectivity index (χ2n) is 5.67. The summed E-state index contributed by atoms with van der Waals surface area (Å²) >= 11 is 0. The van der Waals surface area contributed by atoms with E-state index in [1.165, 1.54) is 45.2 Å². The first-order valence-electron chi connectivity index (χ1n) is 7.29. The lowest BCUT2D eigenvalue weighted by Crippen LogP contribution is -2.42. The summed E-state index contributed by atoms with van der Waals surface area (Å²) in [4.78, 5) is 14.5. The molecule has 1 atom stereocenters. The predicted molar refractivity (Wildman–Crippen MR) is 69.9 cm³/mol. The fourth-order valence-corrected chi connectivity index (χ4v) is 3.07. The van der Waals surface area contributed by atoms with Crippen LogP contribution in [0, 0.1) is 5.92 Å². The average Bonchev–Trinajstić information content (AvgIpc) is 2.90. The van der Waals surface area contributed by atoms with Gasteiger partial charge in [0.25, 0.3) is 0 Å². The third-order valence-corrected chi connectivity index (χ3v) is 4.31. The van der Waals surface area contributed by atoms with Gasteiger partial charge in [-0.05, 0) is 45.7 Å². The lowest BCUT2D eigenvalue weighted by atomic mass is 9.88. The fraction of sp³-hybridized carbons (Fsp3) is 0.929. The van der Waals surface area contributed by atoms with Crippen molar-refractivity contribution in [1.82, 2.24) is 10.2 Å². The zero-order valence-electron chi connectivity index (χ0n) is 11.1. The summed E-state index contributed by atoms with van der Waals surface area (Å²) in [6.07, 6.45) is 8.63. The van der Waals surface area contributed by atoms with Crippen molar-refractivity contribution in [2.24, 2.45) is 5.92 Å². The van der Waals surface area contributed by atoms with Crippen molar-refractivity contribution in [2.75, 3.05) is 19.6 Å². The molecule has 1 saturated heterocycles. The Morgan fingerprint density at radius 1 is 1.18 bits per heavy atom. The van der Waals surface area contributed by atoms with Crippen LogP contribution in [0.25, 0.3) is 0 Å². The van der Waals surface area contributed by atoms with E-state index < -0.39 is 0 Å². The summed E-state index contributed by atoms with van der Waals surface area (Å²) in [6, 6.07) is 0.505. The minimum Gasteiger partial charge on any atom is -0.354 e. The molecule has 0 aromatic rings. The lowest BCUT2D eigenvalue weighted by molar-refractivity contribution is -0.126. The summed E-state index contributed by atoms with van der Waals surface area (Å²) < 4.78 is 0. The predicted octanol–water partition coefficient (Wildman–Crippen LogP) is 2.17. The molecule has 1 aliphatic carbocycles. The molecule has 1 saturated carbocycles. The SMILES string of the molecule is CC(CNC(=O)C1CCCCC1)N1CCCC1. The fourth-order valence-electron chi connectivity index (χ4n) is 3.07. The summed E-state index contributed by atoms with van der Waals surface area (Å²) in [5.74, 6) is 0.602. The van der Waals surface area contributed by atoms with Crippen LogP contribution in [0.3, 0.4) is 0 Å². The van der Waals surface area contributed by atoms with Crippen LogP contribution >= 0.6 is 0 Å². The van der Waals surface area contributed by atoms with Crippen LogP contribution in [0.5, 0.6) is 0 Å². The molecule has 1 unspecified atom stereocenters. The van der Waals surface area contributed by atoms with Gasteiger partial charge in [-0.3, -0.25) is 9.69 Å². The van der Waals surface area contributed by atoms with E-state index in [1.54, 1.807) is 0 Å². The van der Waals surface area contributed by atoms with Crippen LogP contribution < -0.4 is 5.32 Å². The van der Waals surface area contributed by atoms with Crippen molar-refractivity contribution in [2.45, 2.75) is 57.9 Å². The zero-order valence-corrected chi connectivity index (χ0v) is 11.1. The first-order chi connectivity index (χ1) is 8.27. The Kier molecular flexibility index (Phi) is 4.84. The Morgan fingerprint density at radius 3 is 2.47 bits per heavy atom. The quantitative estimate of drug-likeness (QED) is 0.814. The van der Waals surface area contributed by atoms with E-state index in [4.69, 9.17) is 0 Å². The van der Waals surface area contributed by atoms with Gasteiger partial charge >= 0.3 is 0 Å². The van der Waals surface area contributed by atoms with Gasteiger partial charge < -0.3 is 5.32 Å². The molecule has 3 heteroatoms. The summed E-state index contributed by atoms with van der Waals surface area (Å²) in [5.41, 5.74) is 0. The van der Waals surface area contributed by atoms with Gasteiger partial charge in [-0.25, -0.2) is 0 Å². The van der Waals surface area contributed by atoms with Crippen LogP contribution in [0.15, 0.2) is 0 Å². The largest absolute Gasteiger partial charge is 0.354 e. The molecule has 0 aromatic carbocycles. The number of amides is 1. The smallest absolute Gasteiger partial charge is 0.223 e. The number of nitrogens with zero attached hydrogens (tertiary/aromatic N) is 1. The van der Waals surface area contributed by atoms with Crippen molar-refractivity contribution in [1.29, 1.82) is 0 Å². The second kappa shape index (κ2) is 6.39. The molecule has 1 aliphatic heterocycles. The normalized spacial score (nSPS) is 24.8. The maximum absolute atomic E-state index is 12.0. The molecule has 98 valence electrons. The van der Waals surface area contributed by atoms with Gasteiger partial charge in [0.1, 0.15) is 0 Å². The highest BCUT2D eigenvalue weighted by Crippen LogP contribution is 2.23. The number of carbonyl (C=O) groups excluding carboxylic acids is 1. The van der Waals surface area contributed by atoms with E-state index in [0.717, 1.165) is 19.4 Å². The molecular weight excluding hydrogens is 212 g/mol. The molecule has 2 fully saturated rings. The van der Waals surface area contributed by atoms with E-state index in [9.17, 15) is 4.79 Å². The van der Waals surface area contributed by atoms with Crippen LogP contribution in [-0.4, -0.2) is 36.5 Å². The maximum atomic E-state index is 12.0. The molecular formula is C14H26N2O. The number of carbonyl (C=O) groups is 1. The van der Waals surface area contributed by atoms with Crippen LogP contribution in [-0.2, 0) is 4.79 Å². The molecule has 0 bridgehead atoms. The van der Waals surface area contributed by atoms with Gasteiger partial charge in [0, 0.05) is 18.5 Å².